The van der Waals surface area contributed by atoms with Crippen molar-refractivity contribution in [3.63, 3.8) is 0 Å². The highest BCUT2D eigenvalue weighted by atomic mass is 16.5. The predicted molar refractivity (Wildman–Crippen MR) is 73.2 cm³/mol. The lowest BCUT2D eigenvalue weighted by molar-refractivity contribution is -0.114. The number of nitrogens with one attached hydrogen (secondary N) is 1. The Labute approximate surface area is 116 Å². The smallest absolute Gasteiger partial charge is 0.268 e. The fourth-order valence-electron chi connectivity index (χ4n) is 2.14. The van der Waals surface area contributed by atoms with E-state index in [1.54, 1.807) is 25.4 Å². The minimum Gasteiger partial charge on any atom is -0.466 e. The van der Waals surface area contributed by atoms with Crippen LogP contribution in [0.15, 0.2) is 58.1 Å². The Hall–Kier alpha value is -2.40. The van der Waals surface area contributed by atoms with Gasteiger partial charge in [-0.1, -0.05) is 30.3 Å². The minimum atomic E-state index is -0.574. The number of rotatable bonds is 3. The van der Waals surface area contributed by atoms with E-state index in [0.29, 0.717) is 11.5 Å². The summed E-state index contributed by atoms with van der Waals surface area (Å²) in [7, 11) is 1.57. The molecule has 2 heterocycles. The van der Waals surface area contributed by atoms with E-state index in [-0.39, 0.29) is 5.91 Å². The van der Waals surface area contributed by atoms with Crippen molar-refractivity contribution in [3.8, 4) is 0 Å². The number of nitrogens with zero attached hydrogens (tertiary/aromatic N) is 1. The molecule has 5 heteroatoms. The standard InChI is InChI=1S/C15H14N2O3/c1-16-14(18)12-13(11-8-5-9-19-11)20-15(17-12)10-6-3-2-4-7-10/h2-9,13,15H,1H3,(H,16,18)/t13-,15+/m0/s1. The number of ether oxygens (including phenoxy) is 1. The molecular weight excluding hydrogens is 256 g/mol. The first-order chi connectivity index (χ1) is 9.79. The van der Waals surface area contributed by atoms with Gasteiger partial charge < -0.3 is 14.5 Å². The number of benzene rings is 1. The highest BCUT2D eigenvalue weighted by molar-refractivity contribution is 6.40. The third-order valence-electron chi connectivity index (χ3n) is 3.12. The molecule has 2 aromatic rings. The fourth-order valence-corrected chi connectivity index (χ4v) is 2.14. The molecule has 1 aromatic carbocycles. The van der Waals surface area contributed by atoms with Gasteiger partial charge in [0.15, 0.2) is 12.3 Å². The van der Waals surface area contributed by atoms with Crippen molar-refractivity contribution >= 4 is 11.6 Å². The van der Waals surface area contributed by atoms with Gasteiger partial charge in [0, 0.05) is 12.6 Å². The summed E-state index contributed by atoms with van der Waals surface area (Å²) in [6.45, 7) is 0. The Balaban J connectivity index is 1.94. The monoisotopic (exact) mass is 270 g/mol. The molecule has 0 saturated heterocycles. The van der Waals surface area contributed by atoms with Gasteiger partial charge in [-0.15, -0.1) is 0 Å². The molecule has 1 aliphatic heterocycles. The summed E-state index contributed by atoms with van der Waals surface area (Å²) >= 11 is 0. The molecule has 0 aliphatic carbocycles. The average Bonchev–Trinajstić information content (AvgIpc) is 3.16. The van der Waals surface area contributed by atoms with Gasteiger partial charge in [0.25, 0.3) is 5.91 Å². The van der Waals surface area contributed by atoms with Crippen LogP contribution in [0.25, 0.3) is 0 Å². The molecule has 20 heavy (non-hydrogen) atoms. The van der Waals surface area contributed by atoms with Gasteiger partial charge in [-0.2, -0.15) is 0 Å². The Morgan fingerprint density at radius 3 is 2.65 bits per heavy atom. The molecule has 0 radical (unpaired) electrons. The molecule has 1 N–H and O–H groups in total. The molecule has 1 amide bonds. The van der Waals surface area contributed by atoms with E-state index in [2.05, 4.69) is 10.3 Å². The second-order valence-electron chi connectivity index (χ2n) is 4.39. The van der Waals surface area contributed by atoms with Crippen LogP contribution in [0, 0.1) is 0 Å². The SMILES string of the molecule is CNC(=O)C1=N[C@@H](c2ccccc2)O[C@H]1c1ccco1. The van der Waals surface area contributed by atoms with E-state index in [1.165, 1.54) is 0 Å². The van der Waals surface area contributed by atoms with E-state index in [1.807, 2.05) is 30.3 Å². The molecular formula is C15H14N2O3. The van der Waals surface area contributed by atoms with Crippen LogP contribution < -0.4 is 5.32 Å². The number of carbonyl (C=O) groups is 1. The van der Waals surface area contributed by atoms with Crippen LogP contribution in [0.5, 0.6) is 0 Å². The summed E-state index contributed by atoms with van der Waals surface area (Å²) in [6, 6.07) is 13.1. The Kier molecular flexibility index (Phi) is 3.35. The molecule has 0 bridgehead atoms. The van der Waals surface area contributed by atoms with E-state index in [9.17, 15) is 4.79 Å². The van der Waals surface area contributed by atoms with E-state index < -0.39 is 12.3 Å². The molecule has 0 spiro atoms. The molecule has 0 fully saturated rings. The predicted octanol–water partition coefficient (Wildman–Crippen LogP) is 2.24. The van der Waals surface area contributed by atoms with Crippen molar-refractivity contribution < 1.29 is 13.9 Å². The lowest BCUT2D eigenvalue weighted by atomic mass is 10.1. The highest BCUT2D eigenvalue weighted by Gasteiger charge is 2.36. The van der Waals surface area contributed by atoms with Crippen LogP contribution in [0.1, 0.15) is 23.7 Å². The second-order valence-corrected chi connectivity index (χ2v) is 4.39. The third kappa shape index (κ3) is 2.23. The summed E-state index contributed by atoms with van der Waals surface area (Å²) in [4.78, 5) is 16.3. The summed E-state index contributed by atoms with van der Waals surface area (Å²) < 4.78 is 11.2. The maximum Gasteiger partial charge on any atom is 0.268 e. The minimum absolute atomic E-state index is 0.259. The fraction of sp³-hybridized carbons (Fsp3) is 0.200. The summed E-state index contributed by atoms with van der Waals surface area (Å²) in [5, 5.41) is 2.58. The van der Waals surface area contributed by atoms with E-state index >= 15 is 0 Å². The van der Waals surface area contributed by atoms with Crippen molar-refractivity contribution in [1.82, 2.24) is 5.32 Å². The molecule has 2 atom stereocenters. The van der Waals surface area contributed by atoms with Crippen LogP contribution >= 0.6 is 0 Å². The first-order valence-corrected chi connectivity index (χ1v) is 6.33. The Bertz CT molecular complexity index is 620. The van der Waals surface area contributed by atoms with Gasteiger partial charge in [0.1, 0.15) is 11.5 Å². The quantitative estimate of drug-likeness (QED) is 0.930. The number of amides is 1. The number of hydrogen-bond acceptors (Lipinski definition) is 4. The molecule has 5 nitrogen and oxygen atoms in total. The number of hydrogen-bond donors (Lipinski definition) is 1. The highest BCUT2D eigenvalue weighted by Crippen LogP contribution is 2.35. The molecule has 1 aliphatic rings. The van der Waals surface area contributed by atoms with Gasteiger partial charge in [0.2, 0.25) is 0 Å². The van der Waals surface area contributed by atoms with Crippen molar-refractivity contribution in [3.05, 3.63) is 60.1 Å². The third-order valence-corrected chi connectivity index (χ3v) is 3.12. The van der Waals surface area contributed by atoms with Gasteiger partial charge in [-0.3, -0.25) is 4.79 Å². The van der Waals surface area contributed by atoms with Crippen molar-refractivity contribution in [2.24, 2.45) is 4.99 Å². The number of furan rings is 1. The zero-order valence-electron chi connectivity index (χ0n) is 10.9. The number of carbonyl (C=O) groups excluding carboxylic acids is 1. The van der Waals surface area contributed by atoms with Crippen molar-refractivity contribution in [2.75, 3.05) is 7.05 Å². The van der Waals surface area contributed by atoms with Crippen LogP contribution in [-0.2, 0) is 9.53 Å². The second kappa shape index (κ2) is 5.30. The summed E-state index contributed by atoms with van der Waals surface area (Å²) in [5.41, 5.74) is 1.24. The average molecular weight is 270 g/mol. The van der Waals surface area contributed by atoms with Crippen molar-refractivity contribution in [2.45, 2.75) is 12.3 Å². The van der Waals surface area contributed by atoms with E-state index in [0.717, 1.165) is 5.56 Å². The number of aliphatic imine (C=N–C) groups is 1. The Morgan fingerprint density at radius 1 is 1.20 bits per heavy atom. The van der Waals surface area contributed by atoms with E-state index in [4.69, 9.17) is 9.15 Å². The lowest BCUT2D eigenvalue weighted by Crippen LogP contribution is -2.30. The molecule has 0 unspecified atom stereocenters. The summed E-state index contributed by atoms with van der Waals surface area (Å²) in [5.74, 6) is 0.315. The lowest BCUT2D eigenvalue weighted by Gasteiger charge is -2.12. The van der Waals surface area contributed by atoms with Crippen molar-refractivity contribution in [1.29, 1.82) is 0 Å². The maximum atomic E-state index is 11.9. The molecule has 102 valence electrons. The van der Waals surface area contributed by atoms with Crippen LogP contribution in [0.2, 0.25) is 0 Å². The molecule has 3 rings (SSSR count). The first-order valence-electron chi connectivity index (χ1n) is 6.33. The maximum absolute atomic E-state index is 11.9. The zero-order chi connectivity index (χ0) is 13.9. The van der Waals surface area contributed by atoms with Gasteiger partial charge in [-0.05, 0) is 12.1 Å². The van der Waals surface area contributed by atoms with Gasteiger partial charge >= 0.3 is 0 Å². The topological polar surface area (TPSA) is 63.8 Å². The van der Waals surface area contributed by atoms with Crippen LogP contribution in [-0.4, -0.2) is 18.7 Å². The largest absolute Gasteiger partial charge is 0.466 e. The van der Waals surface area contributed by atoms with Gasteiger partial charge in [-0.25, -0.2) is 4.99 Å². The van der Waals surface area contributed by atoms with Gasteiger partial charge in [0.05, 0.1) is 6.26 Å². The molecule has 1 aromatic heterocycles. The first kappa shape index (κ1) is 12.6. The Morgan fingerprint density at radius 2 is 2.00 bits per heavy atom. The normalized spacial score (nSPS) is 21.6. The summed E-state index contributed by atoms with van der Waals surface area (Å²) in [6.07, 6.45) is 0.490. The zero-order valence-corrected chi connectivity index (χ0v) is 10.9. The van der Waals surface area contributed by atoms with Crippen LogP contribution in [0.4, 0.5) is 0 Å². The van der Waals surface area contributed by atoms with Crippen LogP contribution in [0.3, 0.4) is 0 Å². The molecule has 0 saturated carbocycles.